The van der Waals surface area contributed by atoms with Gasteiger partial charge >= 0.3 is 5.69 Å². The summed E-state index contributed by atoms with van der Waals surface area (Å²) in [5, 5.41) is 11.1. The fraction of sp³-hybridized carbons (Fsp3) is 0.250. The number of benzene rings is 2. The number of nitro groups is 1. The van der Waals surface area contributed by atoms with E-state index in [1.807, 2.05) is 24.3 Å². The molecule has 2 aromatic rings. The molecule has 0 fully saturated rings. The van der Waals surface area contributed by atoms with Crippen molar-refractivity contribution in [2.75, 3.05) is 14.2 Å². The zero-order valence-electron chi connectivity index (χ0n) is 12.4. The summed E-state index contributed by atoms with van der Waals surface area (Å²) in [5.74, 6) is 0.985. The Hall–Kier alpha value is -2.60. The number of nitrogens with zero attached hydrogens (tertiary/aromatic N) is 1. The van der Waals surface area contributed by atoms with Gasteiger partial charge in [-0.05, 0) is 29.3 Å². The highest BCUT2D eigenvalue weighted by molar-refractivity contribution is 5.48. The lowest BCUT2D eigenvalue weighted by atomic mass is 10.2. The van der Waals surface area contributed by atoms with E-state index >= 15 is 0 Å². The average Bonchev–Trinajstić information content (AvgIpc) is 2.54. The number of hydrogen-bond acceptors (Lipinski definition) is 5. The van der Waals surface area contributed by atoms with E-state index < -0.39 is 4.92 Å². The summed E-state index contributed by atoms with van der Waals surface area (Å²) in [6, 6.07) is 12.1. The maximum atomic E-state index is 11.1. The summed E-state index contributed by atoms with van der Waals surface area (Å²) in [4.78, 5) is 10.7. The summed E-state index contributed by atoms with van der Waals surface area (Å²) in [5.41, 5.74) is 1.56. The third kappa shape index (κ3) is 3.95. The maximum Gasteiger partial charge on any atom is 0.311 e. The molecule has 0 spiro atoms. The van der Waals surface area contributed by atoms with Crippen molar-refractivity contribution in [1.82, 2.24) is 0 Å². The molecule has 0 unspecified atom stereocenters. The molecule has 22 heavy (non-hydrogen) atoms. The maximum absolute atomic E-state index is 11.1. The van der Waals surface area contributed by atoms with Gasteiger partial charge in [0.05, 0.1) is 18.6 Å². The highest BCUT2D eigenvalue weighted by Gasteiger charge is 2.16. The minimum atomic E-state index is -0.456. The van der Waals surface area contributed by atoms with Gasteiger partial charge in [0.25, 0.3) is 0 Å². The fourth-order valence-electron chi connectivity index (χ4n) is 1.97. The van der Waals surface area contributed by atoms with Crippen LogP contribution in [0.2, 0.25) is 0 Å². The molecule has 2 rings (SSSR count). The fourth-order valence-corrected chi connectivity index (χ4v) is 1.97. The van der Waals surface area contributed by atoms with E-state index in [-0.39, 0.29) is 18.0 Å². The molecule has 0 saturated heterocycles. The molecule has 0 radical (unpaired) electrons. The molecule has 0 heterocycles. The average molecular weight is 303 g/mol. The Morgan fingerprint density at radius 1 is 1.00 bits per heavy atom. The van der Waals surface area contributed by atoms with Gasteiger partial charge in [-0.2, -0.15) is 0 Å². The van der Waals surface area contributed by atoms with Crippen LogP contribution in [0.1, 0.15) is 11.1 Å². The molecule has 0 bridgehead atoms. The first-order valence-electron chi connectivity index (χ1n) is 6.66. The summed E-state index contributed by atoms with van der Waals surface area (Å²) < 4.78 is 15.6. The third-order valence-electron chi connectivity index (χ3n) is 3.08. The molecule has 6 nitrogen and oxygen atoms in total. The first kappa shape index (κ1) is 15.8. The minimum absolute atomic E-state index is 0.0666. The van der Waals surface area contributed by atoms with Gasteiger partial charge in [-0.3, -0.25) is 10.1 Å². The number of methoxy groups -OCH3 is 2. The van der Waals surface area contributed by atoms with Gasteiger partial charge in [0.1, 0.15) is 12.4 Å². The van der Waals surface area contributed by atoms with E-state index in [1.54, 1.807) is 26.4 Å². The second-order valence-corrected chi connectivity index (χ2v) is 4.63. The van der Waals surface area contributed by atoms with E-state index in [9.17, 15) is 10.1 Å². The molecule has 116 valence electrons. The number of nitro benzene ring substituents is 1. The molecule has 0 saturated carbocycles. The van der Waals surface area contributed by atoms with Gasteiger partial charge in [-0.25, -0.2) is 0 Å². The Kier molecular flexibility index (Phi) is 5.32. The molecule has 2 aromatic carbocycles. The van der Waals surface area contributed by atoms with Crippen LogP contribution in [0.15, 0.2) is 42.5 Å². The molecule has 0 aromatic heterocycles. The van der Waals surface area contributed by atoms with Gasteiger partial charge < -0.3 is 14.2 Å². The zero-order valence-corrected chi connectivity index (χ0v) is 12.4. The Balaban J connectivity index is 2.12. The van der Waals surface area contributed by atoms with Crippen LogP contribution in [-0.2, 0) is 18.0 Å². The predicted octanol–water partition coefficient (Wildman–Crippen LogP) is 3.33. The van der Waals surface area contributed by atoms with Crippen molar-refractivity contribution in [2.24, 2.45) is 0 Å². The molecule has 0 N–H and O–H groups in total. The van der Waals surface area contributed by atoms with Crippen LogP contribution in [0.3, 0.4) is 0 Å². The lowest BCUT2D eigenvalue weighted by Gasteiger charge is -2.09. The number of ether oxygens (including phenoxy) is 3. The minimum Gasteiger partial charge on any atom is -0.497 e. The lowest BCUT2D eigenvalue weighted by molar-refractivity contribution is -0.386. The van der Waals surface area contributed by atoms with E-state index in [0.717, 1.165) is 16.9 Å². The first-order valence-corrected chi connectivity index (χ1v) is 6.66. The van der Waals surface area contributed by atoms with Crippen molar-refractivity contribution in [3.8, 4) is 11.5 Å². The van der Waals surface area contributed by atoms with Gasteiger partial charge in [-0.15, -0.1) is 0 Å². The zero-order chi connectivity index (χ0) is 15.9. The van der Waals surface area contributed by atoms with Crippen LogP contribution in [0.5, 0.6) is 11.5 Å². The normalized spacial score (nSPS) is 10.3. The van der Waals surface area contributed by atoms with Crippen molar-refractivity contribution < 1.29 is 19.1 Å². The van der Waals surface area contributed by atoms with Gasteiger partial charge in [0.2, 0.25) is 0 Å². The SMILES string of the molecule is COCc1ccc(OCc2ccc(OC)cc2)c([N+](=O)[O-])c1. The van der Waals surface area contributed by atoms with Crippen molar-refractivity contribution in [3.05, 3.63) is 63.7 Å². The second-order valence-electron chi connectivity index (χ2n) is 4.63. The van der Waals surface area contributed by atoms with Crippen molar-refractivity contribution in [1.29, 1.82) is 0 Å². The standard InChI is InChI=1S/C16H17NO5/c1-20-10-13-5-8-16(15(9-13)17(18)19)22-11-12-3-6-14(21-2)7-4-12/h3-9H,10-11H2,1-2H3. The largest absolute Gasteiger partial charge is 0.497 e. The number of hydrogen-bond donors (Lipinski definition) is 0. The molecule has 0 atom stereocenters. The highest BCUT2D eigenvalue weighted by atomic mass is 16.6. The monoisotopic (exact) mass is 303 g/mol. The van der Waals surface area contributed by atoms with Crippen LogP contribution in [0, 0.1) is 10.1 Å². The first-order chi connectivity index (χ1) is 10.6. The van der Waals surface area contributed by atoms with E-state index in [4.69, 9.17) is 14.2 Å². The topological polar surface area (TPSA) is 70.8 Å². The molecular weight excluding hydrogens is 286 g/mol. The smallest absolute Gasteiger partial charge is 0.311 e. The van der Waals surface area contributed by atoms with Crippen LogP contribution >= 0.6 is 0 Å². The van der Waals surface area contributed by atoms with Gasteiger partial charge in [-0.1, -0.05) is 18.2 Å². The van der Waals surface area contributed by atoms with E-state index in [1.165, 1.54) is 6.07 Å². The summed E-state index contributed by atoms with van der Waals surface area (Å²) in [6.45, 7) is 0.564. The van der Waals surface area contributed by atoms with Gasteiger partial charge in [0, 0.05) is 13.2 Å². The van der Waals surface area contributed by atoms with Crippen LogP contribution < -0.4 is 9.47 Å². The quantitative estimate of drug-likeness (QED) is 0.579. The summed E-state index contributed by atoms with van der Waals surface area (Å²) >= 11 is 0. The predicted molar refractivity (Wildman–Crippen MR) is 81.1 cm³/mol. The van der Waals surface area contributed by atoms with E-state index in [0.29, 0.717) is 6.61 Å². The molecule has 0 aliphatic rings. The van der Waals surface area contributed by atoms with Crippen LogP contribution in [0.25, 0.3) is 0 Å². The van der Waals surface area contributed by atoms with Crippen molar-refractivity contribution >= 4 is 5.69 Å². The summed E-state index contributed by atoms with van der Waals surface area (Å²) in [6.07, 6.45) is 0. The Labute approximate surface area is 128 Å². The Bertz CT molecular complexity index is 639. The molecular formula is C16H17NO5. The van der Waals surface area contributed by atoms with E-state index in [2.05, 4.69) is 0 Å². The van der Waals surface area contributed by atoms with Crippen molar-refractivity contribution in [3.63, 3.8) is 0 Å². The second kappa shape index (κ2) is 7.42. The molecule has 6 heteroatoms. The number of rotatable bonds is 7. The molecule has 0 aliphatic heterocycles. The Morgan fingerprint density at radius 3 is 2.27 bits per heavy atom. The summed E-state index contributed by atoms with van der Waals surface area (Å²) in [7, 11) is 3.14. The lowest BCUT2D eigenvalue weighted by Crippen LogP contribution is -2.00. The third-order valence-corrected chi connectivity index (χ3v) is 3.08. The van der Waals surface area contributed by atoms with Crippen LogP contribution in [0.4, 0.5) is 5.69 Å². The molecule has 0 amide bonds. The van der Waals surface area contributed by atoms with Gasteiger partial charge in [0.15, 0.2) is 5.75 Å². The Morgan fingerprint density at radius 2 is 1.68 bits per heavy atom. The molecule has 0 aliphatic carbocycles. The highest BCUT2D eigenvalue weighted by Crippen LogP contribution is 2.29. The van der Waals surface area contributed by atoms with Crippen LogP contribution in [-0.4, -0.2) is 19.1 Å². The van der Waals surface area contributed by atoms with Crippen molar-refractivity contribution in [2.45, 2.75) is 13.2 Å².